The molecular weight excluding hydrogens is 352 g/mol. The Bertz CT molecular complexity index is 1060. The highest BCUT2D eigenvalue weighted by molar-refractivity contribution is 5.60. The Hall–Kier alpha value is -3.67. The number of pyridine rings is 1. The van der Waals surface area contributed by atoms with Crippen LogP contribution in [0.5, 0.6) is 5.75 Å². The number of aromatic nitrogens is 3. The number of hydrogen-bond acceptors (Lipinski definition) is 6. The molecule has 2 aromatic heterocycles. The molecule has 0 aliphatic carbocycles. The molecule has 140 valence electrons. The van der Waals surface area contributed by atoms with E-state index in [-0.39, 0.29) is 0 Å². The first-order valence-corrected chi connectivity index (χ1v) is 8.96. The molecule has 6 heteroatoms. The highest BCUT2D eigenvalue weighted by Gasteiger charge is 2.11. The van der Waals surface area contributed by atoms with Crippen LogP contribution in [0.15, 0.2) is 71.4 Å². The Morgan fingerprint density at radius 2 is 1.75 bits per heavy atom. The van der Waals surface area contributed by atoms with E-state index in [1.807, 2.05) is 48.5 Å². The molecule has 0 bridgehead atoms. The fraction of sp³-hybridized carbons (Fsp3) is 0.136. The van der Waals surface area contributed by atoms with Crippen molar-refractivity contribution in [1.82, 2.24) is 15.1 Å². The highest BCUT2D eigenvalue weighted by atomic mass is 16.5. The van der Waals surface area contributed by atoms with Gasteiger partial charge in [-0.05, 0) is 54.4 Å². The van der Waals surface area contributed by atoms with Crippen molar-refractivity contribution in [3.63, 3.8) is 0 Å². The first kappa shape index (κ1) is 17.7. The molecule has 0 aliphatic heterocycles. The van der Waals surface area contributed by atoms with Crippen LogP contribution in [0.4, 0.5) is 5.82 Å². The number of ether oxygens (including phenoxy) is 1. The van der Waals surface area contributed by atoms with Gasteiger partial charge < -0.3 is 14.6 Å². The van der Waals surface area contributed by atoms with E-state index in [2.05, 4.69) is 39.5 Å². The number of benzene rings is 2. The Balaban J connectivity index is 1.45. The van der Waals surface area contributed by atoms with Gasteiger partial charge in [-0.2, -0.15) is 4.98 Å². The van der Waals surface area contributed by atoms with Crippen LogP contribution in [0.1, 0.15) is 11.1 Å². The highest BCUT2D eigenvalue weighted by Crippen LogP contribution is 2.24. The number of methoxy groups -OCH3 is 1. The zero-order valence-electron chi connectivity index (χ0n) is 15.7. The topological polar surface area (TPSA) is 73.1 Å². The monoisotopic (exact) mass is 372 g/mol. The van der Waals surface area contributed by atoms with E-state index in [1.165, 1.54) is 11.1 Å². The largest absolute Gasteiger partial charge is 0.497 e. The molecule has 4 rings (SSSR count). The maximum Gasteiger partial charge on any atom is 0.259 e. The molecule has 6 nitrogen and oxygen atoms in total. The lowest BCUT2D eigenvalue weighted by atomic mass is 10.1. The van der Waals surface area contributed by atoms with Gasteiger partial charge in [0, 0.05) is 18.3 Å². The molecule has 0 unspecified atom stereocenters. The number of nitrogens with zero attached hydrogens (tertiary/aromatic N) is 3. The van der Waals surface area contributed by atoms with Gasteiger partial charge in [0.2, 0.25) is 5.82 Å². The van der Waals surface area contributed by atoms with Crippen molar-refractivity contribution in [2.24, 2.45) is 0 Å². The molecular formula is C22H20N4O2. The molecule has 4 aromatic rings. The normalized spacial score (nSPS) is 10.6. The van der Waals surface area contributed by atoms with Crippen LogP contribution in [0.2, 0.25) is 0 Å². The molecule has 28 heavy (non-hydrogen) atoms. The smallest absolute Gasteiger partial charge is 0.259 e. The minimum Gasteiger partial charge on any atom is -0.497 e. The van der Waals surface area contributed by atoms with Crippen LogP contribution < -0.4 is 10.1 Å². The van der Waals surface area contributed by atoms with E-state index in [0.29, 0.717) is 11.7 Å². The Morgan fingerprint density at radius 3 is 2.46 bits per heavy atom. The van der Waals surface area contributed by atoms with Gasteiger partial charge >= 0.3 is 0 Å². The van der Waals surface area contributed by atoms with Crippen LogP contribution in [0.3, 0.4) is 0 Å². The van der Waals surface area contributed by atoms with E-state index in [4.69, 9.17) is 9.26 Å². The first-order chi connectivity index (χ1) is 13.7. The third-order valence-corrected chi connectivity index (χ3v) is 4.51. The lowest BCUT2D eigenvalue weighted by Crippen LogP contribution is -2.02. The maximum atomic E-state index is 5.39. The number of rotatable bonds is 6. The minimum atomic E-state index is 0.434. The van der Waals surface area contributed by atoms with E-state index in [1.54, 1.807) is 13.3 Å². The maximum absolute atomic E-state index is 5.39. The number of anilines is 1. The van der Waals surface area contributed by atoms with Gasteiger partial charge in [-0.3, -0.25) is 0 Å². The van der Waals surface area contributed by atoms with E-state index in [9.17, 15) is 0 Å². The summed E-state index contributed by atoms with van der Waals surface area (Å²) in [4.78, 5) is 8.91. The minimum absolute atomic E-state index is 0.434. The van der Waals surface area contributed by atoms with E-state index >= 15 is 0 Å². The van der Waals surface area contributed by atoms with Gasteiger partial charge in [-0.1, -0.05) is 29.4 Å². The van der Waals surface area contributed by atoms with E-state index in [0.717, 1.165) is 29.2 Å². The van der Waals surface area contributed by atoms with Crippen molar-refractivity contribution < 1.29 is 9.26 Å². The fourth-order valence-electron chi connectivity index (χ4n) is 2.82. The Labute approximate surface area is 163 Å². The van der Waals surface area contributed by atoms with Crippen LogP contribution in [0.25, 0.3) is 22.8 Å². The van der Waals surface area contributed by atoms with Gasteiger partial charge in [0.15, 0.2) is 0 Å². The predicted octanol–water partition coefficient (Wildman–Crippen LogP) is 4.73. The molecule has 0 aliphatic rings. The van der Waals surface area contributed by atoms with Crippen molar-refractivity contribution in [3.8, 4) is 28.6 Å². The summed E-state index contributed by atoms with van der Waals surface area (Å²) in [6.07, 6.45) is 1.73. The van der Waals surface area contributed by atoms with Gasteiger partial charge in [0.25, 0.3) is 5.89 Å². The van der Waals surface area contributed by atoms with Gasteiger partial charge in [-0.25, -0.2) is 4.98 Å². The lowest BCUT2D eigenvalue weighted by Gasteiger charge is -2.08. The molecule has 2 heterocycles. The van der Waals surface area contributed by atoms with E-state index < -0.39 is 0 Å². The van der Waals surface area contributed by atoms with Crippen molar-refractivity contribution in [2.45, 2.75) is 13.5 Å². The summed E-state index contributed by atoms with van der Waals surface area (Å²) in [7, 11) is 1.63. The van der Waals surface area contributed by atoms with Crippen LogP contribution in [-0.2, 0) is 6.54 Å². The summed E-state index contributed by atoms with van der Waals surface area (Å²) in [6, 6.07) is 19.6. The molecule has 0 radical (unpaired) electrons. The number of aryl methyl sites for hydroxylation is 1. The second-order valence-corrected chi connectivity index (χ2v) is 6.36. The standard InChI is InChI=1S/C22H20N4O2/c1-15-5-3-4-6-17(15)13-23-20-12-9-18(14-24-20)22-25-21(26-28-22)16-7-10-19(27-2)11-8-16/h3-12,14H,13H2,1-2H3,(H,23,24). The molecule has 0 atom stereocenters. The summed E-state index contributed by atoms with van der Waals surface area (Å²) in [6.45, 7) is 2.82. The van der Waals surface area contributed by atoms with Gasteiger partial charge in [0.05, 0.1) is 12.7 Å². The summed E-state index contributed by atoms with van der Waals surface area (Å²) >= 11 is 0. The SMILES string of the molecule is COc1ccc(-c2noc(-c3ccc(NCc4ccccc4C)nc3)n2)cc1. The summed E-state index contributed by atoms with van der Waals surface area (Å²) in [5.74, 6) is 2.54. The second-order valence-electron chi connectivity index (χ2n) is 6.36. The second kappa shape index (κ2) is 7.92. The Kier molecular flexibility index (Phi) is 5.01. The zero-order chi connectivity index (χ0) is 19.3. The predicted molar refractivity (Wildman–Crippen MR) is 108 cm³/mol. The molecule has 1 N–H and O–H groups in total. The zero-order valence-corrected chi connectivity index (χ0v) is 15.7. The lowest BCUT2D eigenvalue weighted by molar-refractivity contribution is 0.415. The molecule has 0 fully saturated rings. The van der Waals surface area contributed by atoms with Crippen LogP contribution in [0, 0.1) is 6.92 Å². The van der Waals surface area contributed by atoms with Crippen LogP contribution >= 0.6 is 0 Å². The summed E-state index contributed by atoms with van der Waals surface area (Å²) in [5.41, 5.74) is 4.13. The Morgan fingerprint density at radius 1 is 0.964 bits per heavy atom. The molecule has 0 saturated heterocycles. The van der Waals surface area contributed by atoms with Crippen molar-refractivity contribution in [1.29, 1.82) is 0 Å². The molecule has 0 saturated carbocycles. The van der Waals surface area contributed by atoms with Crippen molar-refractivity contribution >= 4 is 5.82 Å². The summed E-state index contributed by atoms with van der Waals surface area (Å²) < 4.78 is 10.6. The molecule has 0 amide bonds. The average molecular weight is 372 g/mol. The third kappa shape index (κ3) is 3.86. The van der Waals surface area contributed by atoms with Crippen molar-refractivity contribution in [2.75, 3.05) is 12.4 Å². The van der Waals surface area contributed by atoms with Gasteiger partial charge in [-0.15, -0.1) is 0 Å². The number of nitrogens with one attached hydrogen (secondary N) is 1. The molecule has 2 aromatic carbocycles. The van der Waals surface area contributed by atoms with Crippen molar-refractivity contribution in [3.05, 3.63) is 78.0 Å². The van der Waals surface area contributed by atoms with Crippen LogP contribution in [-0.4, -0.2) is 22.2 Å². The number of hydrogen-bond donors (Lipinski definition) is 1. The van der Waals surface area contributed by atoms with Gasteiger partial charge in [0.1, 0.15) is 11.6 Å². The third-order valence-electron chi connectivity index (χ3n) is 4.51. The quantitative estimate of drug-likeness (QED) is 0.528. The summed E-state index contributed by atoms with van der Waals surface area (Å²) in [5, 5.41) is 7.39. The average Bonchev–Trinajstić information content (AvgIpc) is 3.24. The fourth-order valence-corrected chi connectivity index (χ4v) is 2.82. The first-order valence-electron chi connectivity index (χ1n) is 8.96. The molecule has 0 spiro atoms.